The number of pyridine rings is 1. The molecule has 1 aromatic carbocycles. The van der Waals surface area contributed by atoms with Crippen molar-refractivity contribution in [2.24, 2.45) is 5.92 Å². The minimum absolute atomic E-state index is 0.0754. The summed E-state index contributed by atoms with van der Waals surface area (Å²) in [5.74, 6) is -0.00927. The number of nitrogens with zero attached hydrogens (tertiary/aromatic N) is 3. The molecule has 33 heavy (non-hydrogen) atoms. The van der Waals surface area contributed by atoms with Crippen molar-refractivity contribution in [2.45, 2.75) is 31.7 Å². The number of rotatable bonds is 8. The molecule has 3 aromatic rings. The number of hydrogen-bond donors (Lipinski definition) is 2. The molecule has 2 amide bonds. The molecule has 1 aliphatic rings. The molecule has 3 atom stereocenters. The second-order valence-corrected chi connectivity index (χ2v) is 8.15. The van der Waals surface area contributed by atoms with Crippen LogP contribution in [0.25, 0.3) is 11.4 Å². The largest absolute Gasteiger partial charge is 0.383 e. The van der Waals surface area contributed by atoms with Gasteiger partial charge in [0.1, 0.15) is 0 Å². The van der Waals surface area contributed by atoms with E-state index < -0.39 is 0 Å². The molecule has 0 bridgehead atoms. The van der Waals surface area contributed by atoms with E-state index in [9.17, 15) is 9.59 Å². The normalized spacial score (nSPS) is 19.9. The summed E-state index contributed by atoms with van der Waals surface area (Å²) >= 11 is 0. The Balaban J connectivity index is 1.53. The number of hydrogen-bond acceptors (Lipinski definition) is 7. The lowest BCUT2D eigenvalue weighted by Gasteiger charge is -2.18. The van der Waals surface area contributed by atoms with Gasteiger partial charge in [0.05, 0.1) is 18.1 Å². The van der Waals surface area contributed by atoms with Crippen LogP contribution >= 0.6 is 0 Å². The van der Waals surface area contributed by atoms with Crippen LogP contribution < -0.4 is 10.6 Å². The predicted octanol–water partition coefficient (Wildman–Crippen LogP) is 2.49. The van der Waals surface area contributed by atoms with E-state index in [4.69, 9.17) is 9.26 Å². The van der Waals surface area contributed by atoms with Gasteiger partial charge in [0, 0.05) is 43.1 Å². The lowest BCUT2D eigenvalue weighted by Crippen LogP contribution is -2.37. The van der Waals surface area contributed by atoms with Crippen LogP contribution in [-0.2, 0) is 9.53 Å². The Hall–Kier alpha value is -3.59. The van der Waals surface area contributed by atoms with Gasteiger partial charge in [0.2, 0.25) is 17.6 Å². The second kappa shape index (κ2) is 10.4. The van der Waals surface area contributed by atoms with Crippen LogP contribution in [0.2, 0.25) is 0 Å². The van der Waals surface area contributed by atoms with Crippen LogP contribution in [0.4, 0.5) is 0 Å². The van der Waals surface area contributed by atoms with E-state index in [1.54, 1.807) is 25.4 Å². The number of carbonyl (C=O) groups excluding carboxylic acids is 2. The monoisotopic (exact) mass is 449 g/mol. The average Bonchev–Trinajstić information content (AvgIpc) is 3.48. The zero-order valence-electron chi connectivity index (χ0n) is 18.7. The van der Waals surface area contributed by atoms with Crippen molar-refractivity contribution in [3.63, 3.8) is 0 Å². The minimum atomic E-state index is -0.332. The molecule has 1 aliphatic carbocycles. The zero-order chi connectivity index (χ0) is 23.2. The summed E-state index contributed by atoms with van der Waals surface area (Å²) in [6.07, 6.45) is 2.51. The third kappa shape index (κ3) is 5.43. The molecule has 0 radical (unpaired) electrons. The highest BCUT2D eigenvalue weighted by Crippen LogP contribution is 2.39. The maximum Gasteiger partial charge on any atom is 0.253 e. The third-order valence-electron chi connectivity index (χ3n) is 5.82. The van der Waals surface area contributed by atoms with E-state index in [2.05, 4.69) is 25.8 Å². The molecular weight excluding hydrogens is 422 g/mol. The first-order valence-electron chi connectivity index (χ1n) is 10.9. The molecule has 0 saturated heterocycles. The first kappa shape index (κ1) is 22.6. The smallest absolute Gasteiger partial charge is 0.253 e. The fourth-order valence-electron chi connectivity index (χ4n) is 4.05. The van der Waals surface area contributed by atoms with E-state index >= 15 is 0 Å². The Bertz CT molecular complexity index is 1080. The molecule has 172 valence electrons. The van der Waals surface area contributed by atoms with E-state index in [-0.39, 0.29) is 29.7 Å². The SMILES string of the molecule is COCCNC(=O)[C@H]1C[C@H](NC(=O)c2ccc(C)nc2)[C@H](c2nc(-c3ccccc3)no2)C1. The molecule has 2 heterocycles. The number of aryl methyl sites for hydroxylation is 1. The molecular formula is C24H27N5O4. The zero-order valence-corrected chi connectivity index (χ0v) is 18.7. The van der Waals surface area contributed by atoms with Crippen molar-refractivity contribution in [3.8, 4) is 11.4 Å². The Morgan fingerprint density at radius 1 is 1.15 bits per heavy atom. The van der Waals surface area contributed by atoms with Crippen molar-refractivity contribution in [1.29, 1.82) is 0 Å². The number of aromatic nitrogens is 3. The summed E-state index contributed by atoms with van der Waals surface area (Å²) in [6.45, 7) is 2.73. The van der Waals surface area contributed by atoms with E-state index in [0.29, 0.717) is 43.3 Å². The Morgan fingerprint density at radius 3 is 2.70 bits per heavy atom. The molecule has 1 fully saturated rings. The lowest BCUT2D eigenvalue weighted by atomic mass is 10.0. The molecule has 4 rings (SSSR count). The summed E-state index contributed by atoms with van der Waals surface area (Å²) in [5.41, 5.74) is 2.13. The Morgan fingerprint density at radius 2 is 1.97 bits per heavy atom. The molecule has 9 nitrogen and oxygen atoms in total. The maximum absolute atomic E-state index is 12.9. The van der Waals surface area contributed by atoms with Gasteiger partial charge >= 0.3 is 0 Å². The summed E-state index contributed by atoms with van der Waals surface area (Å²) in [7, 11) is 1.59. The summed E-state index contributed by atoms with van der Waals surface area (Å²) in [6, 6.07) is 12.7. The van der Waals surface area contributed by atoms with Crippen LogP contribution in [0, 0.1) is 12.8 Å². The number of nitrogens with one attached hydrogen (secondary N) is 2. The van der Waals surface area contributed by atoms with Gasteiger partial charge in [0.25, 0.3) is 5.91 Å². The molecule has 0 unspecified atom stereocenters. The van der Waals surface area contributed by atoms with E-state index in [0.717, 1.165) is 11.3 Å². The quantitative estimate of drug-likeness (QED) is 0.507. The Kier molecular flexibility index (Phi) is 7.09. The maximum atomic E-state index is 12.9. The van der Waals surface area contributed by atoms with Crippen molar-refractivity contribution in [3.05, 3.63) is 65.8 Å². The summed E-state index contributed by atoms with van der Waals surface area (Å²) in [4.78, 5) is 34.4. The fraction of sp³-hybridized carbons (Fsp3) is 0.375. The van der Waals surface area contributed by atoms with Gasteiger partial charge < -0.3 is 19.9 Å². The fourth-order valence-corrected chi connectivity index (χ4v) is 4.05. The number of ether oxygens (including phenoxy) is 1. The molecule has 1 saturated carbocycles. The van der Waals surface area contributed by atoms with Gasteiger partial charge in [-0.1, -0.05) is 35.5 Å². The lowest BCUT2D eigenvalue weighted by molar-refractivity contribution is -0.125. The van der Waals surface area contributed by atoms with Crippen molar-refractivity contribution in [2.75, 3.05) is 20.3 Å². The van der Waals surface area contributed by atoms with Crippen molar-refractivity contribution < 1.29 is 18.8 Å². The van der Waals surface area contributed by atoms with Gasteiger partial charge in [-0.15, -0.1) is 0 Å². The molecule has 0 aliphatic heterocycles. The highest BCUT2D eigenvalue weighted by atomic mass is 16.5. The number of amides is 2. The van der Waals surface area contributed by atoms with Gasteiger partial charge in [-0.05, 0) is 31.9 Å². The third-order valence-corrected chi connectivity index (χ3v) is 5.82. The summed E-state index contributed by atoms with van der Waals surface area (Å²) in [5, 5.41) is 10.1. The van der Waals surface area contributed by atoms with E-state index in [1.165, 1.54) is 0 Å². The highest BCUT2D eigenvalue weighted by Gasteiger charge is 2.42. The molecule has 9 heteroatoms. The average molecular weight is 450 g/mol. The van der Waals surface area contributed by atoms with E-state index in [1.807, 2.05) is 37.3 Å². The number of carbonyl (C=O) groups is 2. The second-order valence-electron chi connectivity index (χ2n) is 8.15. The van der Waals surface area contributed by atoms with Gasteiger partial charge in [-0.2, -0.15) is 4.98 Å². The molecule has 2 aromatic heterocycles. The predicted molar refractivity (Wildman–Crippen MR) is 120 cm³/mol. The van der Waals surface area contributed by atoms with Crippen LogP contribution in [-0.4, -0.2) is 53.2 Å². The Labute approximate surface area is 191 Å². The molecule has 2 N–H and O–H groups in total. The van der Waals surface area contributed by atoms with Crippen LogP contribution in [0.1, 0.15) is 40.7 Å². The first-order chi connectivity index (χ1) is 16.0. The van der Waals surface area contributed by atoms with Crippen molar-refractivity contribution in [1.82, 2.24) is 25.8 Å². The van der Waals surface area contributed by atoms with Gasteiger partial charge in [-0.3, -0.25) is 14.6 Å². The van der Waals surface area contributed by atoms with Crippen molar-refractivity contribution >= 4 is 11.8 Å². The summed E-state index contributed by atoms with van der Waals surface area (Å²) < 4.78 is 10.6. The number of benzene rings is 1. The topological polar surface area (TPSA) is 119 Å². The van der Waals surface area contributed by atoms with Crippen LogP contribution in [0.15, 0.2) is 53.2 Å². The standard InChI is InChI=1S/C24H27N5O4/c1-15-8-9-17(14-26-15)23(31)27-20-13-18(22(30)25-10-11-32-2)12-19(20)24-28-21(29-33-24)16-6-4-3-5-7-16/h3-9,14,18-20H,10-13H2,1-2H3,(H,25,30)(H,27,31)/t18-,19-,20+/m1/s1. The van der Waals surface area contributed by atoms with Gasteiger partial charge in [0.15, 0.2) is 0 Å². The minimum Gasteiger partial charge on any atom is -0.383 e. The number of methoxy groups -OCH3 is 1. The van der Waals surface area contributed by atoms with Crippen LogP contribution in [0.3, 0.4) is 0 Å². The first-order valence-corrected chi connectivity index (χ1v) is 10.9. The van der Waals surface area contributed by atoms with Crippen LogP contribution in [0.5, 0.6) is 0 Å². The molecule has 0 spiro atoms. The van der Waals surface area contributed by atoms with Gasteiger partial charge in [-0.25, -0.2) is 0 Å². The highest BCUT2D eigenvalue weighted by molar-refractivity contribution is 5.94.